The van der Waals surface area contributed by atoms with E-state index in [1.807, 2.05) is 48.3 Å². The minimum absolute atomic E-state index is 0.0653. The van der Waals surface area contributed by atoms with Gasteiger partial charge in [-0.05, 0) is 31.2 Å². The Morgan fingerprint density at radius 2 is 2.12 bits per heavy atom. The lowest BCUT2D eigenvalue weighted by molar-refractivity contribution is -0.121. The molecule has 3 amide bonds. The zero-order chi connectivity index (χ0) is 22.9. The molecule has 178 valence electrons. The number of aryl methyl sites for hydroxylation is 1. The van der Waals surface area contributed by atoms with Crippen molar-refractivity contribution in [2.75, 3.05) is 18.9 Å². The second-order valence-electron chi connectivity index (χ2n) is 8.48. The van der Waals surface area contributed by atoms with Crippen LogP contribution in [0.3, 0.4) is 0 Å². The van der Waals surface area contributed by atoms with E-state index in [2.05, 4.69) is 26.3 Å². The highest BCUT2D eigenvalue weighted by molar-refractivity contribution is 8.00. The van der Waals surface area contributed by atoms with Crippen molar-refractivity contribution < 1.29 is 14.3 Å². The van der Waals surface area contributed by atoms with Crippen LogP contribution in [0.15, 0.2) is 36.5 Å². The Balaban J connectivity index is 1.03. The van der Waals surface area contributed by atoms with Crippen molar-refractivity contribution in [3.8, 4) is 0 Å². The largest absolute Gasteiger partial charge is 0.375 e. The number of benzene rings is 1. The molecule has 3 N–H and O–H groups in total. The number of rotatable bonds is 13. The molecular weight excluding hydrogens is 440 g/mol. The minimum atomic E-state index is -0.0653. The van der Waals surface area contributed by atoms with Gasteiger partial charge in [0.25, 0.3) is 0 Å². The van der Waals surface area contributed by atoms with E-state index in [-0.39, 0.29) is 24.0 Å². The number of thioether (sulfide) groups is 1. The number of aromatic nitrogens is 3. The number of nitrogens with zero attached hydrogens (tertiary/aromatic N) is 3. The SMILES string of the molecule is O=C(CCCC1SCC2NC(=O)NC21)NCCCc1cn(CCOCc2ccccc2)nn1. The van der Waals surface area contributed by atoms with Gasteiger partial charge in [0.2, 0.25) is 5.91 Å². The molecule has 10 heteroatoms. The Kier molecular flexibility index (Phi) is 8.59. The van der Waals surface area contributed by atoms with Crippen molar-refractivity contribution in [3.63, 3.8) is 0 Å². The number of ether oxygens (including phenoxy) is 1. The summed E-state index contributed by atoms with van der Waals surface area (Å²) in [6.45, 7) is 2.47. The van der Waals surface area contributed by atoms with E-state index < -0.39 is 0 Å². The zero-order valence-electron chi connectivity index (χ0n) is 18.7. The third-order valence-corrected chi connectivity index (χ3v) is 7.43. The second kappa shape index (κ2) is 12.0. The Hall–Kier alpha value is -2.59. The molecule has 3 unspecified atom stereocenters. The van der Waals surface area contributed by atoms with Gasteiger partial charge in [0.15, 0.2) is 0 Å². The molecule has 2 fully saturated rings. The molecule has 2 saturated heterocycles. The van der Waals surface area contributed by atoms with Crippen LogP contribution in [-0.4, -0.2) is 63.2 Å². The number of carbonyl (C=O) groups excluding carboxylic acids is 2. The first-order valence-corrected chi connectivity index (χ1v) is 12.7. The maximum Gasteiger partial charge on any atom is 0.315 e. The molecule has 0 saturated carbocycles. The van der Waals surface area contributed by atoms with Gasteiger partial charge in [0.05, 0.1) is 37.5 Å². The van der Waals surface area contributed by atoms with E-state index in [4.69, 9.17) is 4.74 Å². The highest BCUT2D eigenvalue weighted by atomic mass is 32.2. The van der Waals surface area contributed by atoms with Crippen LogP contribution in [0.4, 0.5) is 4.79 Å². The van der Waals surface area contributed by atoms with E-state index >= 15 is 0 Å². The highest BCUT2D eigenvalue weighted by Crippen LogP contribution is 2.32. The van der Waals surface area contributed by atoms with Crippen molar-refractivity contribution in [1.29, 1.82) is 0 Å². The number of nitrogens with one attached hydrogen (secondary N) is 3. The van der Waals surface area contributed by atoms with E-state index in [1.54, 1.807) is 4.68 Å². The summed E-state index contributed by atoms with van der Waals surface area (Å²) < 4.78 is 7.49. The lowest BCUT2D eigenvalue weighted by Gasteiger charge is -2.16. The molecule has 3 atom stereocenters. The molecule has 1 aromatic heterocycles. The van der Waals surface area contributed by atoms with Crippen molar-refractivity contribution in [2.45, 2.75) is 62.6 Å². The van der Waals surface area contributed by atoms with Gasteiger partial charge in [-0.25, -0.2) is 9.48 Å². The van der Waals surface area contributed by atoms with Crippen LogP contribution in [0.25, 0.3) is 0 Å². The topological polar surface area (TPSA) is 110 Å². The average Bonchev–Trinajstić information content (AvgIpc) is 3.52. The minimum Gasteiger partial charge on any atom is -0.375 e. The zero-order valence-corrected chi connectivity index (χ0v) is 19.6. The van der Waals surface area contributed by atoms with Gasteiger partial charge < -0.3 is 20.7 Å². The van der Waals surface area contributed by atoms with E-state index in [0.29, 0.717) is 38.0 Å². The lowest BCUT2D eigenvalue weighted by Crippen LogP contribution is -2.37. The summed E-state index contributed by atoms with van der Waals surface area (Å²) in [4.78, 5) is 23.5. The van der Waals surface area contributed by atoms with Gasteiger partial charge in [-0.3, -0.25) is 4.79 Å². The van der Waals surface area contributed by atoms with Crippen LogP contribution >= 0.6 is 11.8 Å². The van der Waals surface area contributed by atoms with Crippen LogP contribution in [0.2, 0.25) is 0 Å². The number of urea groups is 1. The molecule has 3 heterocycles. The number of amides is 3. The van der Waals surface area contributed by atoms with E-state index in [9.17, 15) is 9.59 Å². The molecule has 1 aromatic carbocycles. The maximum absolute atomic E-state index is 12.1. The summed E-state index contributed by atoms with van der Waals surface area (Å²) in [5.41, 5.74) is 2.08. The number of hydrogen-bond acceptors (Lipinski definition) is 6. The molecule has 9 nitrogen and oxygen atoms in total. The van der Waals surface area contributed by atoms with Crippen molar-refractivity contribution in [2.24, 2.45) is 0 Å². The standard InChI is InChI=1S/C23H32N6O3S/c30-21(10-4-9-20-22-19(16-33-20)25-23(31)26-22)24-11-5-8-18-14-29(28-27-18)12-13-32-15-17-6-2-1-3-7-17/h1-3,6-7,14,19-20,22H,4-5,8-13,15-16H2,(H,24,30)(H2,25,26,31). The molecule has 2 aromatic rings. The first-order chi connectivity index (χ1) is 16.2. The highest BCUT2D eigenvalue weighted by Gasteiger charge is 2.42. The van der Waals surface area contributed by atoms with Crippen LogP contribution in [0, 0.1) is 0 Å². The molecule has 33 heavy (non-hydrogen) atoms. The number of fused-ring (bicyclic) bond motifs is 1. The Bertz CT molecular complexity index is 909. The molecule has 0 bridgehead atoms. The molecule has 0 aliphatic carbocycles. The monoisotopic (exact) mass is 472 g/mol. The Morgan fingerprint density at radius 3 is 3.00 bits per heavy atom. The number of hydrogen-bond donors (Lipinski definition) is 3. The molecule has 4 rings (SSSR count). The Labute approximate surface area is 198 Å². The van der Waals surface area contributed by atoms with E-state index in [0.717, 1.165) is 42.7 Å². The van der Waals surface area contributed by atoms with Gasteiger partial charge in [-0.1, -0.05) is 35.5 Å². The summed E-state index contributed by atoms with van der Waals surface area (Å²) >= 11 is 1.88. The molecule has 2 aliphatic rings. The van der Waals surface area contributed by atoms with E-state index in [1.165, 1.54) is 0 Å². The molecular formula is C23H32N6O3S. The third kappa shape index (κ3) is 7.20. The van der Waals surface area contributed by atoms with Crippen molar-refractivity contribution in [3.05, 3.63) is 47.8 Å². The van der Waals surface area contributed by atoms with Crippen molar-refractivity contribution >= 4 is 23.7 Å². The molecule has 0 spiro atoms. The third-order valence-electron chi connectivity index (χ3n) is 5.92. The normalized spacial score (nSPS) is 21.5. The first kappa shape index (κ1) is 23.6. The van der Waals surface area contributed by atoms with Gasteiger partial charge >= 0.3 is 6.03 Å². The van der Waals surface area contributed by atoms with Gasteiger partial charge in [-0.2, -0.15) is 11.8 Å². The van der Waals surface area contributed by atoms with Gasteiger partial charge in [0, 0.05) is 30.2 Å². The van der Waals surface area contributed by atoms with Crippen LogP contribution in [0.5, 0.6) is 0 Å². The molecule has 2 aliphatic heterocycles. The van der Waals surface area contributed by atoms with Crippen molar-refractivity contribution in [1.82, 2.24) is 30.9 Å². The number of carbonyl (C=O) groups is 2. The second-order valence-corrected chi connectivity index (χ2v) is 9.75. The molecule has 0 radical (unpaired) electrons. The fourth-order valence-electron chi connectivity index (χ4n) is 4.18. The summed E-state index contributed by atoms with van der Waals surface area (Å²) in [6.07, 6.45) is 5.85. The van der Waals surface area contributed by atoms with Crippen LogP contribution < -0.4 is 16.0 Å². The summed E-state index contributed by atoms with van der Waals surface area (Å²) in [5, 5.41) is 17.7. The summed E-state index contributed by atoms with van der Waals surface area (Å²) in [5.74, 6) is 1.04. The fourth-order valence-corrected chi connectivity index (χ4v) is 5.72. The Morgan fingerprint density at radius 1 is 1.24 bits per heavy atom. The smallest absolute Gasteiger partial charge is 0.315 e. The van der Waals surface area contributed by atoms with Crippen LogP contribution in [0.1, 0.15) is 36.9 Å². The average molecular weight is 473 g/mol. The van der Waals surface area contributed by atoms with Gasteiger partial charge in [0.1, 0.15) is 0 Å². The summed E-state index contributed by atoms with van der Waals surface area (Å²) in [6, 6.07) is 10.5. The quantitative estimate of drug-likeness (QED) is 0.303. The predicted molar refractivity (Wildman–Crippen MR) is 127 cm³/mol. The predicted octanol–water partition coefficient (Wildman–Crippen LogP) is 1.88. The van der Waals surface area contributed by atoms with Crippen LogP contribution in [-0.2, 0) is 29.1 Å². The fraction of sp³-hybridized carbons (Fsp3) is 0.565. The summed E-state index contributed by atoms with van der Waals surface area (Å²) in [7, 11) is 0. The van der Waals surface area contributed by atoms with Gasteiger partial charge in [-0.15, -0.1) is 5.10 Å². The lowest BCUT2D eigenvalue weighted by atomic mass is 10.0. The first-order valence-electron chi connectivity index (χ1n) is 11.6. The maximum atomic E-state index is 12.1.